The van der Waals surface area contributed by atoms with Crippen LogP contribution >= 0.6 is 0 Å². The Labute approximate surface area is 164 Å². The summed E-state index contributed by atoms with van der Waals surface area (Å²) in [5, 5.41) is 2.80. The lowest BCUT2D eigenvalue weighted by molar-refractivity contribution is -0.119. The molecule has 0 atom stereocenters. The van der Waals surface area contributed by atoms with Crippen LogP contribution in [0.5, 0.6) is 5.75 Å². The Balaban J connectivity index is 1.53. The van der Waals surface area contributed by atoms with E-state index < -0.39 is 6.43 Å². The monoisotopic (exact) mass is 388 g/mol. The second-order valence-electron chi connectivity index (χ2n) is 7.15. The van der Waals surface area contributed by atoms with Gasteiger partial charge in [-0.25, -0.2) is 8.78 Å². The standard InChI is InChI=1S/C22H26F2N2O2/c1-16(27)25-13-17-2-4-18(5-3-17)14-26-10-8-19-12-21(7-6-20(19)15-26)28-11-9-22(23)24/h2-7,12,22H,8-11,13-15H2,1H3,(H,25,27). The number of carbonyl (C=O) groups is 1. The highest BCUT2D eigenvalue weighted by atomic mass is 19.3. The third-order valence-corrected chi connectivity index (χ3v) is 4.84. The van der Waals surface area contributed by atoms with Gasteiger partial charge in [0.25, 0.3) is 0 Å². The van der Waals surface area contributed by atoms with E-state index in [0.717, 1.165) is 31.6 Å². The third-order valence-electron chi connectivity index (χ3n) is 4.84. The lowest BCUT2D eigenvalue weighted by atomic mass is 9.99. The van der Waals surface area contributed by atoms with Crippen LogP contribution < -0.4 is 10.1 Å². The molecule has 0 saturated heterocycles. The predicted octanol–water partition coefficient (Wildman–Crippen LogP) is 3.92. The number of halogens is 2. The summed E-state index contributed by atoms with van der Waals surface area (Å²) in [6, 6.07) is 14.2. The van der Waals surface area contributed by atoms with Crippen LogP contribution in [0.15, 0.2) is 42.5 Å². The number of benzene rings is 2. The van der Waals surface area contributed by atoms with Gasteiger partial charge in [-0.3, -0.25) is 9.69 Å². The number of nitrogens with one attached hydrogen (secondary N) is 1. The van der Waals surface area contributed by atoms with Crippen LogP contribution in [0.1, 0.15) is 35.6 Å². The van der Waals surface area contributed by atoms with Gasteiger partial charge < -0.3 is 10.1 Å². The van der Waals surface area contributed by atoms with Gasteiger partial charge in [0, 0.05) is 39.5 Å². The molecule has 1 amide bonds. The lowest BCUT2D eigenvalue weighted by Gasteiger charge is -2.29. The maximum atomic E-state index is 12.2. The molecule has 150 valence electrons. The zero-order valence-corrected chi connectivity index (χ0v) is 16.1. The molecule has 1 aliphatic rings. The molecule has 0 aromatic heterocycles. The Bertz CT molecular complexity index is 794. The summed E-state index contributed by atoms with van der Waals surface area (Å²) in [5.74, 6) is 0.640. The van der Waals surface area contributed by atoms with Gasteiger partial charge in [0.2, 0.25) is 12.3 Å². The van der Waals surface area contributed by atoms with Gasteiger partial charge in [0.15, 0.2) is 0 Å². The van der Waals surface area contributed by atoms with Crippen molar-refractivity contribution >= 4 is 5.91 Å². The molecule has 0 saturated carbocycles. The maximum Gasteiger partial charge on any atom is 0.241 e. The number of amides is 1. The SMILES string of the molecule is CC(=O)NCc1ccc(CN2CCc3cc(OCCC(F)F)ccc3C2)cc1. The lowest BCUT2D eigenvalue weighted by Crippen LogP contribution is -2.30. The fourth-order valence-corrected chi connectivity index (χ4v) is 3.33. The van der Waals surface area contributed by atoms with Crippen LogP contribution in [-0.4, -0.2) is 30.4 Å². The zero-order valence-electron chi connectivity index (χ0n) is 16.1. The minimum atomic E-state index is -2.33. The van der Waals surface area contributed by atoms with E-state index in [2.05, 4.69) is 22.3 Å². The second kappa shape index (κ2) is 9.64. The molecule has 0 fully saturated rings. The van der Waals surface area contributed by atoms with Crippen molar-refractivity contribution in [1.82, 2.24) is 10.2 Å². The third kappa shape index (κ3) is 6.02. The van der Waals surface area contributed by atoms with Crippen LogP contribution in [0.4, 0.5) is 8.78 Å². The molecule has 2 aromatic carbocycles. The first kappa shape index (κ1) is 20.3. The molecule has 1 aliphatic heterocycles. The summed E-state index contributed by atoms with van der Waals surface area (Å²) >= 11 is 0. The molecule has 0 radical (unpaired) electrons. The Hall–Kier alpha value is -2.47. The largest absolute Gasteiger partial charge is 0.493 e. The van der Waals surface area contributed by atoms with Gasteiger partial charge in [-0.15, -0.1) is 0 Å². The summed E-state index contributed by atoms with van der Waals surface area (Å²) < 4.78 is 29.9. The molecule has 28 heavy (non-hydrogen) atoms. The van der Waals surface area contributed by atoms with Crippen LogP contribution in [0.3, 0.4) is 0 Å². The highest BCUT2D eigenvalue weighted by Gasteiger charge is 2.17. The number of nitrogens with zero attached hydrogens (tertiary/aromatic N) is 1. The van der Waals surface area contributed by atoms with Crippen molar-refractivity contribution in [2.24, 2.45) is 0 Å². The fraction of sp³-hybridized carbons (Fsp3) is 0.409. The van der Waals surface area contributed by atoms with Gasteiger partial charge in [0.1, 0.15) is 5.75 Å². The van der Waals surface area contributed by atoms with E-state index in [0.29, 0.717) is 12.3 Å². The average molecular weight is 388 g/mol. The van der Waals surface area contributed by atoms with Crippen LogP contribution in [0.2, 0.25) is 0 Å². The van der Waals surface area contributed by atoms with Crippen molar-refractivity contribution in [3.8, 4) is 5.75 Å². The van der Waals surface area contributed by atoms with E-state index in [9.17, 15) is 13.6 Å². The van der Waals surface area contributed by atoms with Crippen molar-refractivity contribution in [3.05, 3.63) is 64.7 Å². The van der Waals surface area contributed by atoms with Gasteiger partial charge in [0.05, 0.1) is 6.61 Å². The summed E-state index contributed by atoms with van der Waals surface area (Å²) in [6.45, 7) is 4.78. The summed E-state index contributed by atoms with van der Waals surface area (Å²) in [6.07, 6.45) is -1.65. The molecule has 3 rings (SSSR count). The zero-order chi connectivity index (χ0) is 19.9. The predicted molar refractivity (Wildman–Crippen MR) is 104 cm³/mol. The van der Waals surface area contributed by atoms with Crippen LogP contribution in [0.25, 0.3) is 0 Å². The Morgan fingerprint density at radius 2 is 1.89 bits per heavy atom. The first-order valence-corrected chi connectivity index (χ1v) is 9.57. The van der Waals surface area contributed by atoms with Crippen molar-refractivity contribution in [1.29, 1.82) is 0 Å². The summed E-state index contributed by atoms with van der Waals surface area (Å²) in [4.78, 5) is 13.4. The van der Waals surface area contributed by atoms with Crippen molar-refractivity contribution in [2.45, 2.75) is 45.8 Å². The van der Waals surface area contributed by atoms with Crippen molar-refractivity contribution in [2.75, 3.05) is 13.2 Å². The number of alkyl halides is 2. The number of fused-ring (bicyclic) bond motifs is 1. The molecule has 2 aromatic rings. The number of carbonyl (C=O) groups excluding carboxylic acids is 1. The Morgan fingerprint density at radius 3 is 2.61 bits per heavy atom. The molecule has 0 aliphatic carbocycles. The molecule has 1 N–H and O–H groups in total. The Kier molecular flexibility index (Phi) is 6.98. The van der Waals surface area contributed by atoms with E-state index >= 15 is 0 Å². The van der Waals surface area contributed by atoms with Crippen LogP contribution in [0, 0.1) is 0 Å². The van der Waals surface area contributed by atoms with Gasteiger partial charge in [-0.05, 0) is 40.8 Å². The summed E-state index contributed by atoms with van der Waals surface area (Å²) in [7, 11) is 0. The molecule has 0 bridgehead atoms. The first-order valence-electron chi connectivity index (χ1n) is 9.57. The van der Waals surface area contributed by atoms with Gasteiger partial charge >= 0.3 is 0 Å². The van der Waals surface area contributed by atoms with Gasteiger partial charge in [-0.1, -0.05) is 30.3 Å². The van der Waals surface area contributed by atoms with Crippen molar-refractivity contribution < 1.29 is 18.3 Å². The minimum Gasteiger partial charge on any atom is -0.493 e. The van der Waals surface area contributed by atoms with Crippen molar-refractivity contribution in [3.63, 3.8) is 0 Å². The number of hydrogen-bond donors (Lipinski definition) is 1. The highest BCUT2D eigenvalue weighted by Crippen LogP contribution is 2.25. The quantitative estimate of drug-likeness (QED) is 0.745. The minimum absolute atomic E-state index is 0.0290. The van der Waals surface area contributed by atoms with E-state index in [1.165, 1.54) is 23.6 Å². The van der Waals surface area contributed by atoms with E-state index in [4.69, 9.17) is 4.74 Å². The number of rotatable bonds is 8. The van der Waals surface area contributed by atoms with Crippen LogP contribution in [-0.2, 0) is 30.8 Å². The fourth-order valence-electron chi connectivity index (χ4n) is 3.33. The van der Waals surface area contributed by atoms with Gasteiger partial charge in [-0.2, -0.15) is 0 Å². The average Bonchev–Trinajstić information content (AvgIpc) is 2.67. The molecule has 0 unspecified atom stereocenters. The maximum absolute atomic E-state index is 12.2. The topological polar surface area (TPSA) is 41.6 Å². The second-order valence-corrected chi connectivity index (χ2v) is 7.15. The van der Waals surface area contributed by atoms with E-state index in [-0.39, 0.29) is 18.9 Å². The Morgan fingerprint density at radius 1 is 1.14 bits per heavy atom. The van der Waals surface area contributed by atoms with E-state index in [1.54, 1.807) is 0 Å². The number of hydrogen-bond acceptors (Lipinski definition) is 3. The molecule has 4 nitrogen and oxygen atoms in total. The molecular formula is C22H26F2N2O2. The first-order chi connectivity index (χ1) is 13.5. The molecular weight excluding hydrogens is 362 g/mol. The molecule has 1 heterocycles. The highest BCUT2D eigenvalue weighted by molar-refractivity contribution is 5.72. The summed E-state index contributed by atoms with van der Waals surface area (Å²) in [5.41, 5.74) is 4.82. The smallest absolute Gasteiger partial charge is 0.241 e. The van der Waals surface area contributed by atoms with E-state index in [1.807, 2.05) is 30.3 Å². The normalized spacial score (nSPS) is 14.0. The number of ether oxygens (including phenoxy) is 1. The molecule has 6 heteroatoms. The molecule has 0 spiro atoms.